The first-order valence-corrected chi connectivity index (χ1v) is 11.9. The molecule has 2 atom stereocenters. The summed E-state index contributed by atoms with van der Waals surface area (Å²) < 4.78 is 6.98. The van der Waals surface area contributed by atoms with Gasteiger partial charge in [-0.15, -0.1) is 16.8 Å². The highest BCUT2D eigenvalue weighted by Gasteiger charge is 2.23. The summed E-state index contributed by atoms with van der Waals surface area (Å²) in [6.45, 7) is 6.70. The van der Waals surface area contributed by atoms with Crippen molar-refractivity contribution >= 4 is 23.6 Å². The monoisotopic (exact) mass is 457 g/mol. The maximum Gasteiger partial charge on any atom is 0.251 e. The third-order valence-corrected chi connectivity index (χ3v) is 6.62. The molecule has 0 saturated heterocycles. The van der Waals surface area contributed by atoms with Crippen LogP contribution in [0.3, 0.4) is 0 Å². The molecule has 1 aromatic carbocycles. The summed E-state index contributed by atoms with van der Waals surface area (Å²) in [7, 11) is 1.58. The van der Waals surface area contributed by atoms with Crippen molar-refractivity contribution in [3.05, 3.63) is 48.3 Å². The smallest absolute Gasteiger partial charge is 0.251 e. The van der Waals surface area contributed by atoms with Crippen LogP contribution in [0.1, 0.15) is 48.8 Å². The van der Waals surface area contributed by atoms with Crippen molar-refractivity contribution in [2.24, 2.45) is 5.92 Å². The Hall–Kier alpha value is -2.81. The van der Waals surface area contributed by atoms with Crippen molar-refractivity contribution < 1.29 is 14.3 Å². The zero-order valence-electron chi connectivity index (χ0n) is 18.7. The highest BCUT2D eigenvalue weighted by molar-refractivity contribution is 7.99. The number of nitrogens with one attached hydrogen (secondary N) is 2. The van der Waals surface area contributed by atoms with Crippen LogP contribution < -0.4 is 15.4 Å². The second-order valence-corrected chi connectivity index (χ2v) is 8.88. The Morgan fingerprint density at radius 2 is 2.00 bits per heavy atom. The van der Waals surface area contributed by atoms with Gasteiger partial charge in [-0.2, -0.15) is 0 Å². The Bertz CT molecular complexity index is 928. The average molecular weight is 458 g/mol. The number of carbonyl (C=O) groups is 2. The van der Waals surface area contributed by atoms with Gasteiger partial charge >= 0.3 is 0 Å². The Morgan fingerprint density at radius 3 is 2.69 bits per heavy atom. The van der Waals surface area contributed by atoms with Gasteiger partial charge in [0.15, 0.2) is 11.0 Å². The number of hydrogen-bond acceptors (Lipinski definition) is 6. The number of methoxy groups -OCH3 is 1. The lowest BCUT2D eigenvalue weighted by Gasteiger charge is -2.29. The van der Waals surface area contributed by atoms with E-state index in [0.29, 0.717) is 34.8 Å². The molecule has 0 spiro atoms. The van der Waals surface area contributed by atoms with Crippen molar-refractivity contribution in [3.63, 3.8) is 0 Å². The topological polar surface area (TPSA) is 98.1 Å². The molecular weight excluding hydrogens is 426 g/mol. The van der Waals surface area contributed by atoms with Gasteiger partial charge in [0.25, 0.3) is 5.91 Å². The normalized spacial score (nSPS) is 18.1. The minimum atomic E-state index is -0.212. The van der Waals surface area contributed by atoms with E-state index < -0.39 is 0 Å². The van der Waals surface area contributed by atoms with Crippen LogP contribution >= 0.6 is 11.8 Å². The molecule has 2 N–H and O–H groups in total. The van der Waals surface area contributed by atoms with Crippen LogP contribution in [0.25, 0.3) is 0 Å². The molecule has 1 aromatic heterocycles. The van der Waals surface area contributed by atoms with Crippen LogP contribution in [0, 0.1) is 5.92 Å². The summed E-state index contributed by atoms with van der Waals surface area (Å²) >= 11 is 1.34. The van der Waals surface area contributed by atoms with Gasteiger partial charge in [-0.3, -0.25) is 9.59 Å². The maximum atomic E-state index is 12.4. The van der Waals surface area contributed by atoms with Crippen LogP contribution in [-0.4, -0.2) is 45.5 Å². The molecular formula is C23H31N5O3S. The molecule has 0 radical (unpaired) electrons. The van der Waals surface area contributed by atoms with Gasteiger partial charge in [0.1, 0.15) is 5.75 Å². The number of hydrogen-bond donors (Lipinski definition) is 2. The zero-order valence-corrected chi connectivity index (χ0v) is 19.5. The first-order chi connectivity index (χ1) is 15.5. The standard InChI is InChI=1S/C23H31N5O3S/c1-4-13-28-20(14-24-22(30)17-9-11-18(31-3)12-10-17)26-27-23(28)32-15-21(29)25-19-8-6-5-7-16(19)2/h4,9-12,16,19H,1,5-8,13-15H2,2-3H3,(H,24,30)(H,25,29)/t16-,19+/m0/s1. The summed E-state index contributed by atoms with van der Waals surface area (Å²) in [6, 6.07) is 7.14. The van der Waals surface area contributed by atoms with Gasteiger partial charge in [0.05, 0.1) is 19.4 Å². The summed E-state index contributed by atoms with van der Waals surface area (Å²) in [5, 5.41) is 15.1. The second-order valence-electron chi connectivity index (χ2n) is 7.93. The van der Waals surface area contributed by atoms with E-state index in [2.05, 4.69) is 34.3 Å². The molecule has 1 heterocycles. The summed E-state index contributed by atoms with van der Waals surface area (Å²) in [4.78, 5) is 24.9. The molecule has 8 nitrogen and oxygen atoms in total. The van der Waals surface area contributed by atoms with Crippen molar-refractivity contribution in [1.29, 1.82) is 0 Å². The number of benzene rings is 1. The molecule has 2 aromatic rings. The number of amides is 2. The molecule has 0 aliphatic heterocycles. The fourth-order valence-corrected chi connectivity index (χ4v) is 4.56. The fourth-order valence-electron chi connectivity index (χ4n) is 3.78. The lowest BCUT2D eigenvalue weighted by atomic mass is 9.86. The lowest BCUT2D eigenvalue weighted by molar-refractivity contribution is -0.119. The molecule has 32 heavy (non-hydrogen) atoms. The van der Waals surface area contributed by atoms with E-state index in [9.17, 15) is 9.59 Å². The summed E-state index contributed by atoms with van der Waals surface area (Å²) in [5.41, 5.74) is 0.531. The van der Waals surface area contributed by atoms with E-state index in [1.54, 1.807) is 37.5 Å². The Labute approximate surface area is 193 Å². The molecule has 0 bridgehead atoms. The summed E-state index contributed by atoms with van der Waals surface area (Å²) in [6.07, 6.45) is 6.36. The van der Waals surface area contributed by atoms with E-state index >= 15 is 0 Å². The number of aromatic nitrogens is 3. The maximum absolute atomic E-state index is 12.4. The largest absolute Gasteiger partial charge is 0.497 e. The van der Waals surface area contributed by atoms with Crippen LogP contribution in [0.5, 0.6) is 5.75 Å². The van der Waals surface area contributed by atoms with Gasteiger partial charge in [-0.1, -0.05) is 37.6 Å². The zero-order chi connectivity index (χ0) is 22.9. The number of allylic oxidation sites excluding steroid dienone is 1. The van der Waals surface area contributed by atoms with Gasteiger partial charge in [0, 0.05) is 18.2 Å². The first kappa shape index (κ1) is 23.8. The first-order valence-electron chi connectivity index (χ1n) is 10.9. The number of thioether (sulfide) groups is 1. The molecule has 3 rings (SSSR count). The molecule has 2 amide bonds. The fraction of sp³-hybridized carbons (Fsp3) is 0.478. The highest BCUT2D eigenvalue weighted by atomic mass is 32.2. The van der Waals surface area contributed by atoms with E-state index in [1.807, 2.05) is 4.57 Å². The molecule has 1 aliphatic carbocycles. The molecule has 0 unspecified atom stereocenters. The Kier molecular flexibility index (Phi) is 8.72. The molecule has 1 aliphatic rings. The van der Waals surface area contributed by atoms with Crippen LogP contribution in [0.4, 0.5) is 0 Å². The van der Waals surface area contributed by atoms with Crippen molar-refractivity contribution in [1.82, 2.24) is 25.4 Å². The third kappa shape index (κ3) is 6.35. The van der Waals surface area contributed by atoms with Gasteiger partial charge < -0.3 is 19.9 Å². The minimum Gasteiger partial charge on any atom is -0.497 e. The average Bonchev–Trinajstić information content (AvgIpc) is 3.19. The van der Waals surface area contributed by atoms with Crippen molar-refractivity contribution in [3.8, 4) is 5.75 Å². The van der Waals surface area contributed by atoms with E-state index in [-0.39, 0.29) is 30.2 Å². The minimum absolute atomic E-state index is 0.0104. The third-order valence-electron chi connectivity index (χ3n) is 5.65. The van der Waals surface area contributed by atoms with Crippen molar-refractivity contribution in [2.75, 3.05) is 12.9 Å². The predicted octanol–water partition coefficient (Wildman–Crippen LogP) is 3.19. The van der Waals surface area contributed by atoms with Crippen LogP contribution in [-0.2, 0) is 17.9 Å². The van der Waals surface area contributed by atoms with E-state index in [4.69, 9.17) is 4.74 Å². The Morgan fingerprint density at radius 1 is 1.25 bits per heavy atom. The number of carbonyl (C=O) groups excluding carboxylic acids is 2. The molecule has 1 saturated carbocycles. The molecule has 9 heteroatoms. The van der Waals surface area contributed by atoms with Gasteiger partial charge in [-0.25, -0.2) is 0 Å². The lowest BCUT2D eigenvalue weighted by Crippen LogP contribution is -2.41. The predicted molar refractivity (Wildman–Crippen MR) is 125 cm³/mol. The molecule has 172 valence electrons. The van der Waals surface area contributed by atoms with Crippen LogP contribution in [0.2, 0.25) is 0 Å². The number of rotatable bonds is 10. The van der Waals surface area contributed by atoms with Crippen LogP contribution in [0.15, 0.2) is 42.1 Å². The highest BCUT2D eigenvalue weighted by Crippen LogP contribution is 2.24. The van der Waals surface area contributed by atoms with Crippen molar-refractivity contribution in [2.45, 2.75) is 56.9 Å². The SMILES string of the molecule is C=CCn1c(CNC(=O)c2ccc(OC)cc2)nnc1SCC(=O)N[C@@H]1CCCC[C@@H]1C. The van der Waals surface area contributed by atoms with Gasteiger partial charge in [-0.05, 0) is 43.0 Å². The van der Waals surface area contributed by atoms with E-state index in [0.717, 1.165) is 12.8 Å². The van der Waals surface area contributed by atoms with E-state index in [1.165, 1.54) is 24.6 Å². The second kappa shape index (κ2) is 11.7. The number of nitrogens with zero attached hydrogens (tertiary/aromatic N) is 3. The Balaban J connectivity index is 1.56. The molecule has 1 fully saturated rings. The van der Waals surface area contributed by atoms with Gasteiger partial charge in [0.2, 0.25) is 5.91 Å². The number of ether oxygens (including phenoxy) is 1. The quantitative estimate of drug-likeness (QED) is 0.420. The summed E-state index contributed by atoms with van der Waals surface area (Å²) in [5.74, 6) is 1.89.